The lowest BCUT2D eigenvalue weighted by atomic mass is 9.67. The Hall–Kier alpha value is -0.200. The van der Waals surface area contributed by atoms with Crippen molar-refractivity contribution < 1.29 is 25.2 Å². The second-order valence-electron chi connectivity index (χ2n) is 12.5. The predicted molar refractivity (Wildman–Crippen MR) is 134 cm³/mol. The van der Waals surface area contributed by atoms with E-state index in [0.717, 1.165) is 51.4 Å². The molecule has 1 aliphatic heterocycles. The molecule has 0 radical (unpaired) electrons. The van der Waals surface area contributed by atoms with Gasteiger partial charge in [0, 0.05) is 5.92 Å². The van der Waals surface area contributed by atoms with E-state index >= 15 is 0 Å². The summed E-state index contributed by atoms with van der Waals surface area (Å²) < 4.78 is 6.71. The summed E-state index contributed by atoms with van der Waals surface area (Å²) in [7, 11) is 0. The van der Waals surface area contributed by atoms with Crippen LogP contribution in [0.1, 0.15) is 119 Å². The molecule has 196 valence electrons. The van der Waals surface area contributed by atoms with E-state index in [1.807, 2.05) is 13.8 Å². The molecule has 4 N–H and O–H groups in total. The number of ether oxygens (including phenoxy) is 1. The monoisotopic (exact) mass is 470 g/mol. The molecule has 0 aromatic rings. The van der Waals surface area contributed by atoms with Crippen molar-refractivity contribution in [3.05, 3.63) is 0 Å². The van der Waals surface area contributed by atoms with E-state index < -0.39 is 11.9 Å². The Bertz CT molecular complexity index is 562. The Morgan fingerprint density at radius 1 is 1.00 bits per heavy atom. The number of fused-ring (bicyclic) bond motifs is 1. The van der Waals surface area contributed by atoms with E-state index in [2.05, 4.69) is 27.7 Å². The van der Waals surface area contributed by atoms with Gasteiger partial charge in [0.25, 0.3) is 0 Å². The third-order valence-electron chi connectivity index (χ3n) is 9.13. The van der Waals surface area contributed by atoms with Crippen molar-refractivity contribution in [1.82, 2.24) is 0 Å². The standard InChI is InChI=1S/C28H54O5/c1-19(10-7-14-27(5,32)15-9-12-20(2)26(30)31)11-8-16-28(6)17-13-23-18-24(29)21(3)22(4)25(23)33-28/h19-26,29-32H,7-18H2,1-6H3. The van der Waals surface area contributed by atoms with Gasteiger partial charge < -0.3 is 25.2 Å². The predicted octanol–water partition coefficient (Wildman–Crippen LogP) is 5.42. The second-order valence-corrected chi connectivity index (χ2v) is 12.5. The van der Waals surface area contributed by atoms with E-state index in [9.17, 15) is 20.4 Å². The van der Waals surface area contributed by atoms with Crippen LogP contribution in [0.3, 0.4) is 0 Å². The minimum absolute atomic E-state index is 0.0277. The maximum absolute atomic E-state index is 10.7. The zero-order valence-electron chi connectivity index (χ0n) is 22.3. The van der Waals surface area contributed by atoms with Gasteiger partial charge in [-0.15, -0.1) is 0 Å². The fourth-order valence-electron chi connectivity index (χ4n) is 6.16. The molecule has 0 spiro atoms. The van der Waals surface area contributed by atoms with Crippen LogP contribution >= 0.6 is 0 Å². The molecule has 0 aromatic heterocycles. The highest BCUT2D eigenvalue weighted by Gasteiger charge is 2.46. The Morgan fingerprint density at radius 2 is 1.61 bits per heavy atom. The third kappa shape index (κ3) is 9.07. The van der Waals surface area contributed by atoms with E-state index in [4.69, 9.17) is 4.74 Å². The van der Waals surface area contributed by atoms with Crippen LogP contribution < -0.4 is 0 Å². The first kappa shape index (κ1) is 29.0. The van der Waals surface area contributed by atoms with Crippen molar-refractivity contribution in [2.75, 3.05) is 0 Å². The Kier molecular flexibility index (Phi) is 11.1. The van der Waals surface area contributed by atoms with Crippen molar-refractivity contribution >= 4 is 0 Å². The van der Waals surface area contributed by atoms with E-state index in [-0.39, 0.29) is 17.6 Å². The lowest BCUT2D eigenvalue weighted by molar-refractivity contribution is -0.200. The fraction of sp³-hybridized carbons (Fsp3) is 1.00. The van der Waals surface area contributed by atoms with Crippen molar-refractivity contribution in [3.63, 3.8) is 0 Å². The molecular formula is C28H54O5. The summed E-state index contributed by atoms with van der Waals surface area (Å²) in [5.41, 5.74) is -0.693. The molecule has 5 nitrogen and oxygen atoms in total. The van der Waals surface area contributed by atoms with Gasteiger partial charge in [-0.05, 0) is 82.5 Å². The largest absolute Gasteiger partial charge is 0.393 e. The first-order chi connectivity index (χ1) is 15.3. The summed E-state index contributed by atoms with van der Waals surface area (Å²) in [6.45, 7) is 12.8. The minimum Gasteiger partial charge on any atom is -0.393 e. The molecule has 9 atom stereocenters. The molecule has 2 aliphatic rings. The summed E-state index contributed by atoms with van der Waals surface area (Å²) in [5, 5.41) is 39.4. The first-order valence-corrected chi connectivity index (χ1v) is 13.8. The average Bonchev–Trinajstić information content (AvgIpc) is 2.72. The third-order valence-corrected chi connectivity index (χ3v) is 9.13. The zero-order valence-corrected chi connectivity index (χ0v) is 22.3. The van der Waals surface area contributed by atoms with Crippen LogP contribution in [-0.2, 0) is 4.74 Å². The van der Waals surface area contributed by atoms with Crippen LogP contribution in [-0.4, -0.2) is 50.1 Å². The molecule has 1 saturated heterocycles. The molecule has 1 saturated carbocycles. The average molecular weight is 471 g/mol. The molecule has 0 aromatic carbocycles. The van der Waals surface area contributed by atoms with Gasteiger partial charge in [-0.2, -0.15) is 0 Å². The first-order valence-electron chi connectivity index (χ1n) is 13.8. The number of aliphatic hydroxyl groups excluding tert-OH is 2. The van der Waals surface area contributed by atoms with Gasteiger partial charge in [0.1, 0.15) is 0 Å². The maximum Gasteiger partial charge on any atom is 0.154 e. The van der Waals surface area contributed by atoms with Gasteiger partial charge in [-0.3, -0.25) is 0 Å². The van der Waals surface area contributed by atoms with Gasteiger partial charge in [-0.25, -0.2) is 0 Å². The molecule has 9 unspecified atom stereocenters. The van der Waals surface area contributed by atoms with Crippen LogP contribution in [0, 0.1) is 29.6 Å². The summed E-state index contributed by atoms with van der Waals surface area (Å²) in [4.78, 5) is 0. The van der Waals surface area contributed by atoms with Crippen LogP contribution in [0.15, 0.2) is 0 Å². The SMILES string of the molecule is CC(CCCC(C)(O)CCCC(C)C(O)O)CCCC1(C)CCC2CC(O)C(C)C(C)C2O1. The Labute approximate surface area is 203 Å². The summed E-state index contributed by atoms with van der Waals surface area (Å²) in [6.07, 6.45) is 10.8. The summed E-state index contributed by atoms with van der Waals surface area (Å²) in [6, 6.07) is 0. The van der Waals surface area contributed by atoms with Crippen LogP contribution in [0.4, 0.5) is 0 Å². The van der Waals surface area contributed by atoms with Crippen LogP contribution in [0.2, 0.25) is 0 Å². The van der Waals surface area contributed by atoms with Gasteiger partial charge in [-0.1, -0.05) is 59.8 Å². The van der Waals surface area contributed by atoms with Gasteiger partial charge in [0.05, 0.1) is 23.4 Å². The Morgan fingerprint density at radius 3 is 2.24 bits per heavy atom. The van der Waals surface area contributed by atoms with Gasteiger partial charge >= 0.3 is 0 Å². The van der Waals surface area contributed by atoms with E-state index in [0.29, 0.717) is 36.2 Å². The smallest absolute Gasteiger partial charge is 0.154 e. The topological polar surface area (TPSA) is 90.2 Å². The molecule has 2 fully saturated rings. The number of hydrogen-bond acceptors (Lipinski definition) is 5. The van der Waals surface area contributed by atoms with Gasteiger partial charge in [0.15, 0.2) is 6.29 Å². The minimum atomic E-state index is -1.26. The fourth-order valence-corrected chi connectivity index (χ4v) is 6.16. The van der Waals surface area contributed by atoms with Crippen molar-refractivity contribution in [1.29, 1.82) is 0 Å². The molecular weight excluding hydrogens is 416 g/mol. The van der Waals surface area contributed by atoms with E-state index in [1.54, 1.807) is 0 Å². The molecule has 33 heavy (non-hydrogen) atoms. The lowest BCUT2D eigenvalue weighted by Gasteiger charge is -2.51. The number of rotatable bonds is 13. The molecule has 0 bridgehead atoms. The lowest BCUT2D eigenvalue weighted by Crippen LogP contribution is -2.52. The van der Waals surface area contributed by atoms with Crippen LogP contribution in [0.5, 0.6) is 0 Å². The number of aliphatic hydroxyl groups is 4. The number of hydrogen-bond donors (Lipinski definition) is 4. The van der Waals surface area contributed by atoms with Crippen molar-refractivity contribution in [2.24, 2.45) is 29.6 Å². The molecule has 2 rings (SSSR count). The quantitative estimate of drug-likeness (QED) is 0.270. The van der Waals surface area contributed by atoms with Crippen molar-refractivity contribution in [3.8, 4) is 0 Å². The van der Waals surface area contributed by atoms with Crippen molar-refractivity contribution in [2.45, 2.75) is 148 Å². The van der Waals surface area contributed by atoms with Gasteiger partial charge in [0.2, 0.25) is 0 Å². The molecule has 1 aliphatic carbocycles. The zero-order chi connectivity index (χ0) is 24.8. The normalized spacial score (nSPS) is 36.3. The van der Waals surface area contributed by atoms with E-state index in [1.165, 1.54) is 19.3 Å². The molecule has 1 heterocycles. The second kappa shape index (κ2) is 12.7. The maximum atomic E-state index is 10.7. The Balaban J connectivity index is 1.64. The summed E-state index contributed by atoms with van der Waals surface area (Å²) in [5.74, 6) is 1.76. The molecule has 5 heteroatoms. The highest BCUT2D eigenvalue weighted by Crippen LogP contribution is 2.46. The summed E-state index contributed by atoms with van der Waals surface area (Å²) >= 11 is 0. The van der Waals surface area contributed by atoms with Crippen LogP contribution in [0.25, 0.3) is 0 Å². The molecule has 0 amide bonds. The highest BCUT2D eigenvalue weighted by molar-refractivity contribution is 4.95. The highest BCUT2D eigenvalue weighted by atomic mass is 16.5.